The molecule has 0 aliphatic heterocycles. The molecule has 6 nitrogen and oxygen atoms in total. The Labute approximate surface area is 211 Å². The molecule has 2 heterocycles. The Bertz CT molecular complexity index is 1320. The first-order valence-corrected chi connectivity index (χ1v) is 12.7. The van der Waals surface area contributed by atoms with Crippen LogP contribution in [-0.2, 0) is 17.6 Å². The average Bonchev–Trinajstić information content (AvgIpc) is 3.41. The van der Waals surface area contributed by atoms with Crippen LogP contribution in [0.4, 0.5) is 0 Å². The molecule has 0 radical (unpaired) electrons. The van der Waals surface area contributed by atoms with Gasteiger partial charge in [-0.3, -0.25) is 0 Å². The molecular weight excluding hydrogens is 462 g/mol. The van der Waals surface area contributed by atoms with Gasteiger partial charge in [0.1, 0.15) is 17.3 Å². The number of ether oxygens (including phenoxy) is 2. The molecule has 0 saturated heterocycles. The molecule has 2 aromatic carbocycles. The van der Waals surface area contributed by atoms with E-state index in [0.29, 0.717) is 22.9 Å². The van der Waals surface area contributed by atoms with E-state index in [1.54, 1.807) is 7.11 Å². The smallest absolute Gasteiger partial charge is 0.141 e. The minimum absolute atomic E-state index is 0.358. The molecule has 1 saturated carbocycles. The summed E-state index contributed by atoms with van der Waals surface area (Å²) in [4.78, 5) is 5.15. The summed E-state index contributed by atoms with van der Waals surface area (Å²) in [5.41, 5.74) is 6.42. The lowest BCUT2D eigenvalue weighted by atomic mass is 9.92. The highest BCUT2D eigenvalue weighted by Crippen LogP contribution is 2.36. The third-order valence-electron chi connectivity index (χ3n) is 7.28. The number of aryl methyl sites for hydroxylation is 4. The van der Waals surface area contributed by atoms with Crippen molar-refractivity contribution in [3.63, 3.8) is 0 Å². The Kier molecular flexibility index (Phi) is 6.85. The van der Waals surface area contributed by atoms with Crippen molar-refractivity contribution in [2.24, 2.45) is 0 Å². The van der Waals surface area contributed by atoms with Crippen molar-refractivity contribution in [3.05, 3.63) is 64.3 Å². The highest BCUT2D eigenvalue weighted by molar-refractivity contribution is 6.32. The van der Waals surface area contributed by atoms with Crippen molar-refractivity contribution in [3.8, 4) is 16.9 Å². The maximum Gasteiger partial charge on any atom is 0.141 e. The predicted octanol–water partition coefficient (Wildman–Crippen LogP) is 6.89. The Balaban J connectivity index is 1.51. The van der Waals surface area contributed by atoms with Crippen molar-refractivity contribution in [1.82, 2.24) is 14.7 Å². The third kappa shape index (κ3) is 4.69. The van der Waals surface area contributed by atoms with Crippen LogP contribution in [-0.4, -0.2) is 35.0 Å². The third-order valence-corrected chi connectivity index (χ3v) is 7.58. The summed E-state index contributed by atoms with van der Waals surface area (Å²) in [7, 11) is 3.46. The van der Waals surface area contributed by atoms with Crippen LogP contribution < -0.4 is 4.74 Å². The fourth-order valence-electron chi connectivity index (χ4n) is 5.44. The SMILES string of the molecule is COc1ccc(CCc2nc3cc(-c4c(C)noc4C)ccc3n2C2CCC(OC)CC2)cc1Cl. The van der Waals surface area contributed by atoms with E-state index in [9.17, 15) is 0 Å². The minimum atomic E-state index is 0.358. The predicted molar refractivity (Wildman–Crippen MR) is 138 cm³/mol. The highest BCUT2D eigenvalue weighted by Gasteiger charge is 2.26. The summed E-state index contributed by atoms with van der Waals surface area (Å²) in [5.74, 6) is 2.64. The standard InChI is InChI=1S/C28H32ClN3O3/c1-17-28(18(2)35-31-17)20-7-12-25-24(16-20)30-27(32(25)21-8-10-22(33-3)11-9-21)14-6-19-5-13-26(34-4)23(29)15-19/h5,7,12-13,15-16,21-22H,6,8-11,14H2,1-4H3. The van der Waals surface area contributed by atoms with Crippen molar-refractivity contribution >= 4 is 22.6 Å². The topological polar surface area (TPSA) is 62.3 Å². The second-order valence-corrected chi connectivity index (χ2v) is 9.84. The summed E-state index contributed by atoms with van der Waals surface area (Å²) in [5, 5.41) is 4.77. The van der Waals surface area contributed by atoms with Crippen LogP contribution in [0.2, 0.25) is 5.02 Å². The lowest BCUT2D eigenvalue weighted by Crippen LogP contribution is -2.24. The highest BCUT2D eigenvalue weighted by atomic mass is 35.5. The molecule has 0 N–H and O–H groups in total. The number of imidazole rings is 1. The molecule has 0 spiro atoms. The van der Waals surface area contributed by atoms with Crippen LogP contribution in [0.25, 0.3) is 22.2 Å². The summed E-state index contributed by atoms with van der Waals surface area (Å²) in [6.07, 6.45) is 6.39. The summed E-state index contributed by atoms with van der Waals surface area (Å²) in [6.45, 7) is 3.94. The molecule has 5 rings (SSSR count). The van der Waals surface area contributed by atoms with Crippen molar-refractivity contribution in [1.29, 1.82) is 0 Å². The van der Waals surface area contributed by atoms with Gasteiger partial charge in [-0.15, -0.1) is 0 Å². The lowest BCUT2D eigenvalue weighted by Gasteiger charge is -2.30. The van der Waals surface area contributed by atoms with Crippen molar-refractivity contribution in [2.75, 3.05) is 14.2 Å². The maximum absolute atomic E-state index is 6.38. The van der Waals surface area contributed by atoms with E-state index in [4.69, 9.17) is 30.6 Å². The number of nitrogens with zero attached hydrogens (tertiary/aromatic N) is 3. The van der Waals surface area contributed by atoms with Gasteiger partial charge in [0.25, 0.3) is 0 Å². The van der Waals surface area contributed by atoms with E-state index in [-0.39, 0.29) is 0 Å². The monoisotopic (exact) mass is 493 g/mol. The minimum Gasteiger partial charge on any atom is -0.495 e. The molecule has 0 atom stereocenters. The number of hydrogen-bond acceptors (Lipinski definition) is 5. The second-order valence-electron chi connectivity index (χ2n) is 9.44. The number of benzene rings is 2. The van der Waals surface area contributed by atoms with Gasteiger partial charge in [-0.2, -0.15) is 0 Å². The summed E-state index contributed by atoms with van der Waals surface area (Å²) >= 11 is 6.38. The second kappa shape index (κ2) is 10.0. The van der Waals surface area contributed by atoms with Gasteiger partial charge >= 0.3 is 0 Å². The molecule has 184 valence electrons. The van der Waals surface area contributed by atoms with E-state index in [2.05, 4.69) is 34.0 Å². The van der Waals surface area contributed by atoms with Crippen LogP contribution in [0, 0.1) is 13.8 Å². The van der Waals surface area contributed by atoms with E-state index in [1.807, 2.05) is 33.1 Å². The van der Waals surface area contributed by atoms with Crippen LogP contribution in [0.15, 0.2) is 40.9 Å². The van der Waals surface area contributed by atoms with E-state index in [1.165, 1.54) is 11.1 Å². The largest absolute Gasteiger partial charge is 0.495 e. The normalized spacial score (nSPS) is 18.3. The molecule has 4 aromatic rings. The Morgan fingerprint density at radius 2 is 1.83 bits per heavy atom. The molecule has 0 unspecified atom stereocenters. The van der Waals surface area contributed by atoms with Gasteiger partial charge in [0.2, 0.25) is 0 Å². The van der Waals surface area contributed by atoms with E-state index in [0.717, 1.165) is 72.4 Å². The fraction of sp³-hybridized carbons (Fsp3) is 0.429. The van der Waals surface area contributed by atoms with Crippen molar-refractivity contribution < 1.29 is 14.0 Å². The zero-order chi connectivity index (χ0) is 24.5. The van der Waals surface area contributed by atoms with Gasteiger partial charge < -0.3 is 18.6 Å². The average molecular weight is 494 g/mol. The molecule has 0 amide bonds. The number of halogens is 1. The molecular formula is C28H32ClN3O3. The molecule has 1 fully saturated rings. The molecule has 35 heavy (non-hydrogen) atoms. The summed E-state index contributed by atoms with van der Waals surface area (Å²) < 4.78 is 18.8. The number of aromatic nitrogens is 3. The van der Waals surface area contributed by atoms with Crippen LogP contribution in [0.1, 0.15) is 54.6 Å². The molecule has 0 bridgehead atoms. The zero-order valence-electron chi connectivity index (χ0n) is 20.8. The number of hydrogen-bond donors (Lipinski definition) is 0. The fourth-order valence-corrected chi connectivity index (χ4v) is 5.72. The van der Waals surface area contributed by atoms with Gasteiger partial charge in [-0.05, 0) is 81.3 Å². The first-order chi connectivity index (χ1) is 17.0. The Morgan fingerprint density at radius 1 is 1.03 bits per heavy atom. The first kappa shape index (κ1) is 23.9. The van der Waals surface area contributed by atoms with Crippen molar-refractivity contribution in [2.45, 2.75) is 64.5 Å². The van der Waals surface area contributed by atoms with Gasteiger partial charge in [0.15, 0.2) is 0 Å². The molecule has 1 aliphatic carbocycles. The quantitative estimate of drug-likeness (QED) is 0.280. The molecule has 7 heteroatoms. The van der Waals surface area contributed by atoms with Gasteiger partial charge in [-0.25, -0.2) is 4.98 Å². The molecule has 2 aromatic heterocycles. The van der Waals surface area contributed by atoms with Gasteiger partial charge in [0, 0.05) is 25.1 Å². The van der Waals surface area contributed by atoms with Gasteiger partial charge in [-0.1, -0.05) is 28.9 Å². The Hall–Kier alpha value is -2.83. The first-order valence-electron chi connectivity index (χ1n) is 12.3. The van der Waals surface area contributed by atoms with E-state index >= 15 is 0 Å². The zero-order valence-corrected chi connectivity index (χ0v) is 21.6. The maximum atomic E-state index is 6.38. The number of rotatable bonds is 7. The lowest BCUT2D eigenvalue weighted by molar-refractivity contribution is 0.0586. The summed E-state index contributed by atoms with van der Waals surface area (Å²) in [6, 6.07) is 13.0. The number of methoxy groups -OCH3 is 2. The Morgan fingerprint density at radius 3 is 2.49 bits per heavy atom. The number of fused-ring (bicyclic) bond motifs is 1. The van der Waals surface area contributed by atoms with Crippen LogP contribution in [0.5, 0.6) is 5.75 Å². The van der Waals surface area contributed by atoms with Crippen LogP contribution in [0.3, 0.4) is 0 Å². The van der Waals surface area contributed by atoms with Gasteiger partial charge in [0.05, 0.1) is 35.0 Å². The molecule has 1 aliphatic rings. The van der Waals surface area contributed by atoms with Crippen LogP contribution >= 0.6 is 11.6 Å². The van der Waals surface area contributed by atoms with E-state index < -0.39 is 0 Å².